The van der Waals surface area contributed by atoms with Crippen molar-refractivity contribution in [1.82, 2.24) is 14.5 Å². The lowest BCUT2D eigenvalue weighted by molar-refractivity contribution is -0.118. The number of anilines is 2. The fourth-order valence-corrected chi connectivity index (χ4v) is 4.93. The molecule has 0 spiro atoms. The first-order chi connectivity index (χ1) is 13.5. The fraction of sp³-hybridized carbons (Fsp3) is 0.526. The van der Waals surface area contributed by atoms with Gasteiger partial charge in [-0.1, -0.05) is 0 Å². The second kappa shape index (κ2) is 7.56. The second-order valence-electron chi connectivity index (χ2n) is 7.50. The van der Waals surface area contributed by atoms with Crippen molar-refractivity contribution in [2.75, 3.05) is 36.6 Å². The molecule has 0 unspecified atom stereocenters. The Kier molecular flexibility index (Phi) is 5.11. The number of nitrogens with one attached hydrogen (secondary N) is 1. The van der Waals surface area contributed by atoms with Gasteiger partial charge >= 0.3 is 5.69 Å². The van der Waals surface area contributed by atoms with Crippen LogP contribution in [0, 0.1) is 0 Å². The summed E-state index contributed by atoms with van der Waals surface area (Å²) in [6.45, 7) is 3.36. The number of amides is 1. The van der Waals surface area contributed by atoms with Gasteiger partial charge in [0.25, 0.3) is 5.56 Å². The van der Waals surface area contributed by atoms with Crippen LogP contribution in [0.3, 0.4) is 0 Å². The smallest absolute Gasteiger partial charge is 0.329 e. The molecule has 0 atom stereocenters. The van der Waals surface area contributed by atoms with Gasteiger partial charge in [-0.2, -0.15) is 0 Å². The second-order valence-corrected chi connectivity index (χ2v) is 8.50. The van der Waals surface area contributed by atoms with E-state index in [-0.39, 0.29) is 5.91 Å². The minimum atomic E-state index is -0.505. The molecule has 0 fully saturated rings. The van der Waals surface area contributed by atoms with Gasteiger partial charge in [0.1, 0.15) is 5.69 Å². The normalized spacial score (nSPS) is 16.4. The van der Waals surface area contributed by atoms with Gasteiger partial charge in [-0.15, -0.1) is 11.3 Å². The van der Waals surface area contributed by atoms with Crippen molar-refractivity contribution in [1.29, 1.82) is 0 Å². The number of H-pyrrole nitrogens is 1. The van der Waals surface area contributed by atoms with Gasteiger partial charge in [0.2, 0.25) is 5.91 Å². The molecule has 2 aliphatic heterocycles. The summed E-state index contributed by atoms with van der Waals surface area (Å²) in [5.41, 5.74) is 0.856. The van der Waals surface area contributed by atoms with Gasteiger partial charge in [0.15, 0.2) is 5.82 Å². The van der Waals surface area contributed by atoms with Crippen molar-refractivity contribution in [2.24, 2.45) is 7.05 Å². The summed E-state index contributed by atoms with van der Waals surface area (Å²) in [5, 5.41) is 2.16. The molecule has 28 heavy (non-hydrogen) atoms. The van der Waals surface area contributed by atoms with E-state index < -0.39 is 11.2 Å². The Labute approximate surface area is 167 Å². The van der Waals surface area contributed by atoms with Crippen molar-refractivity contribution in [3.63, 3.8) is 0 Å². The average Bonchev–Trinajstić information content (AvgIpc) is 3.27. The zero-order valence-electron chi connectivity index (χ0n) is 16.2. The zero-order valence-corrected chi connectivity index (χ0v) is 17.0. The van der Waals surface area contributed by atoms with E-state index in [1.54, 1.807) is 23.9 Å². The van der Waals surface area contributed by atoms with E-state index in [9.17, 15) is 14.4 Å². The number of carbonyl (C=O) groups is 1. The number of unbranched alkanes of at least 4 members (excludes halogenated alkanes) is 1. The van der Waals surface area contributed by atoms with Gasteiger partial charge in [0.05, 0.1) is 6.67 Å². The number of rotatable bonds is 5. The number of hydrogen-bond acceptors (Lipinski definition) is 6. The van der Waals surface area contributed by atoms with Crippen LogP contribution in [0.15, 0.2) is 21.0 Å². The Bertz CT molecular complexity index is 1010. The highest BCUT2D eigenvalue weighted by atomic mass is 32.1. The number of aromatic amines is 1. The van der Waals surface area contributed by atoms with Crippen LogP contribution in [-0.2, 0) is 24.8 Å². The van der Waals surface area contributed by atoms with Gasteiger partial charge in [-0.25, -0.2) is 4.79 Å². The molecule has 0 bridgehead atoms. The molecular weight excluding hydrogens is 378 g/mol. The van der Waals surface area contributed by atoms with Crippen LogP contribution in [0.5, 0.6) is 0 Å². The maximum absolute atomic E-state index is 12.8. The van der Waals surface area contributed by atoms with Gasteiger partial charge in [-0.05, 0) is 42.8 Å². The summed E-state index contributed by atoms with van der Waals surface area (Å²) >= 11 is 1.84. The lowest BCUT2D eigenvalue weighted by Crippen LogP contribution is -2.36. The molecular formula is C19H25N5O3S. The summed E-state index contributed by atoms with van der Waals surface area (Å²) in [6.07, 6.45) is 3.27. The van der Waals surface area contributed by atoms with Crippen molar-refractivity contribution in [3.05, 3.63) is 42.7 Å². The molecule has 2 aromatic heterocycles. The van der Waals surface area contributed by atoms with Crippen LogP contribution in [0.1, 0.15) is 29.7 Å². The van der Waals surface area contributed by atoms with Crippen molar-refractivity contribution in [2.45, 2.75) is 32.2 Å². The molecule has 0 aliphatic carbocycles. The molecule has 150 valence electrons. The van der Waals surface area contributed by atoms with Crippen molar-refractivity contribution < 1.29 is 4.79 Å². The molecule has 0 saturated carbocycles. The van der Waals surface area contributed by atoms with Crippen LogP contribution in [0.25, 0.3) is 0 Å². The summed E-state index contributed by atoms with van der Waals surface area (Å²) in [5.74, 6) is 0.340. The minimum Gasteiger partial charge on any atom is -0.349 e. The van der Waals surface area contributed by atoms with Gasteiger partial charge < -0.3 is 4.90 Å². The molecule has 1 N–H and O–H groups in total. The third-order valence-electron chi connectivity index (χ3n) is 5.56. The highest BCUT2D eigenvalue weighted by molar-refractivity contribution is 7.10. The Morgan fingerprint density at radius 1 is 1.25 bits per heavy atom. The van der Waals surface area contributed by atoms with E-state index in [1.165, 1.54) is 15.0 Å². The van der Waals surface area contributed by atoms with Crippen LogP contribution in [0.4, 0.5) is 11.5 Å². The van der Waals surface area contributed by atoms with E-state index in [0.717, 1.165) is 38.9 Å². The first-order valence-corrected chi connectivity index (χ1v) is 10.5. The molecule has 8 nitrogen and oxygen atoms in total. The average molecular weight is 404 g/mol. The molecule has 2 aliphatic rings. The number of thiophene rings is 1. The van der Waals surface area contributed by atoms with Crippen LogP contribution >= 0.6 is 11.3 Å². The number of hydrogen-bond donors (Lipinski definition) is 1. The van der Waals surface area contributed by atoms with Crippen molar-refractivity contribution in [3.8, 4) is 0 Å². The van der Waals surface area contributed by atoms with Crippen LogP contribution in [0.2, 0.25) is 0 Å². The van der Waals surface area contributed by atoms with E-state index >= 15 is 0 Å². The number of carbonyl (C=O) groups excluding carboxylic acids is 1. The lowest BCUT2D eigenvalue weighted by Gasteiger charge is -2.26. The summed E-state index contributed by atoms with van der Waals surface area (Å²) < 4.78 is 1.34. The first kappa shape index (κ1) is 18.9. The molecule has 9 heteroatoms. The highest BCUT2D eigenvalue weighted by Crippen LogP contribution is 2.30. The molecule has 0 radical (unpaired) electrons. The van der Waals surface area contributed by atoms with Crippen LogP contribution < -0.4 is 21.0 Å². The Morgan fingerprint density at radius 3 is 2.89 bits per heavy atom. The molecule has 0 aromatic carbocycles. The predicted octanol–water partition coefficient (Wildman–Crippen LogP) is 1.10. The Balaban J connectivity index is 1.34. The Morgan fingerprint density at radius 2 is 2.07 bits per heavy atom. The summed E-state index contributed by atoms with van der Waals surface area (Å²) in [4.78, 5) is 46.3. The third-order valence-corrected chi connectivity index (χ3v) is 6.59. The largest absolute Gasteiger partial charge is 0.349 e. The lowest BCUT2D eigenvalue weighted by atomic mass is 10.1. The van der Waals surface area contributed by atoms with E-state index in [1.807, 2.05) is 11.3 Å². The Hall–Kier alpha value is -2.39. The standard InChI is InChI=1S/C19H25N5O3S/c1-21-12-24(18-16(21)17(26)20-19(27)22(18)2)15(25)5-3-4-8-23-9-6-14-13(11-23)7-10-28-14/h7,10H,3-6,8-9,11-12H2,1-2H3,(H,20,26,27). The van der Waals surface area contributed by atoms with E-state index in [4.69, 9.17) is 0 Å². The quantitative estimate of drug-likeness (QED) is 0.757. The minimum absolute atomic E-state index is 0.0510. The number of fused-ring (bicyclic) bond motifs is 2. The number of aromatic nitrogens is 2. The van der Waals surface area contributed by atoms with E-state index in [2.05, 4.69) is 21.3 Å². The first-order valence-electron chi connectivity index (χ1n) is 9.58. The number of nitrogens with zero attached hydrogens (tertiary/aromatic N) is 4. The molecule has 4 heterocycles. The SMILES string of the molecule is CN1CN(C(=O)CCCCN2CCc3sccc3C2)c2c1c(=O)[nH]c(=O)n2C. The maximum Gasteiger partial charge on any atom is 0.329 e. The molecule has 4 rings (SSSR count). The third kappa shape index (κ3) is 3.40. The highest BCUT2D eigenvalue weighted by Gasteiger charge is 2.33. The van der Waals surface area contributed by atoms with Gasteiger partial charge in [-0.3, -0.25) is 28.9 Å². The molecule has 0 saturated heterocycles. The molecule has 1 amide bonds. The predicted molar refractivity (Wildman–Crippen MR) is 110 cm³/mol. The monoisotopic (exact) mass is 403 g/mol. The van der Waals surface area contributed by atoms with Crippen LogP contribution in [-0.4, -0.2) is 47.2 Å². The fourth-order valence-electron chi connectivity index (χ4n) is 4.04. The summed E-state index contributed by atoms with van der Waals surface area (Å²) in [6, 6.07) is 2.21. The summed E-state index contributed by atoms with van der Waals surface area (Å²) in [7, 11) is 3.33. The topological polar surface area (TPSA) is 81.7 Å². The van der Waals surface area contributed by atoms with E-state index in [0.29, 0.717) is 24.6 Å². The maximum atomic E-state index is 12.8. The molecule has 2 aromatic rings. The van der Waals surface area contributed by atoms with Gasteiger partial charge in [0, 0.05) is 38.5 Å². The van der Waals surface area contributed by atoms with Crippen molar-refractivity contribution >= 4 is 28.7 Å². The zero-order chi connectivity index (χ0) is 19.8.